The second-order valence-electron chi connectivity index (χ2n) is 7.70. The molecule has 4 bridgehead atoms. The molecule has 4 fully saturated rings. The Morgan fingerprint density at radius 2 is 1.91 bits per heavy atom. The fourth-order valence-corrected chi connectivity index (χ4v) is 5.50. The van der Waals surface area contributed by atoms with Gasteiger partial charge in [0, 0.05) is 6.54 Å². The number of carbonyl (C=O) groups is 1. The van der Waals surface area contributed by atoms with Crippen molar-refractivity contribution < 1.29 is 14.7 Å². The molecule has 1 aliphatic heterocycles. The first-order chi connectivity index (χ1) is 10.7. The zero-order valence-corrected chi connectivity index (χ0v) is 12.9. The van der Waals surface area contributed by atoms with Crippen molar-refractivity contribution in [1.82, 2.24) is 4.90 Å². The molecule has 0 radical (unpaired) electrons. The van der Waals surface area contributed by atoms with E-state index in [0.29, 0.717) is 13.1 Å². The number of rotatable bonds is 2. The van der Waals surface area contributed by atoms with Crippen LogP contribution in [-0.4, -0.2) is 41.1 Å². The number of nitrogens with zero attached hydrogens (tertiary/aromatic N) is 2. The lowest BCUT2D eigenvalue weighted by Crippen LogP contribution is -2.54. The van der Waals surface area contributed by atoms with Gasteiger partial charge in [0.05, 0.1) is 12.8 Å². The summed E-state index contributed by atoms with van der Waals surface area (Å²) in [5.41, 5.74) is 0.689. The van der Waals surface area contributed by atoms with Crippen molar-refractivity contribution in [2.75, 3.05) is 13.1 Å². The van der Waals surface area contributed by atoms with Gasteiger partial charge in [0.2, 0.25) is 0 Å². The molecule has 4 aliphatic carbocycles. The summed E-state index contributed by atoms with van der Waals surface area (Å²) in [5.74, 6) is 2.33. The molecule has 0 aromatic heterocycles. The summed E-state index contributed by atoms with van der Waals surface area (Å²) in [7, 11) is 0. The fourth-order valence-electron chi connectivity index (χ4n) is 5.50. The van der Waals surface area contributed by atoms with Crippen molar-refractivity contribution in [3.05, 3.63) is 11.6 Å². The van der Waals surface area contributed by atoms with Crippen LogP contribution in [0.2, 0.25) is 0 Å². The molecule has 0 saturated heterocycles. The third-order valence-electron chi connectivity index (χ3n) is 5.95. The van der Waals surface area contributed by atoms with Gasteiger partial charge in [0.25, 0.3) is 0 Å². The van der Waals surface area contributed by atoms with Crippen molar-refractivity contribution in [3.8, 4) is 0 Å². The number of hydrogen-bond acceptors (Lipinski definition) is 4. The number of oxime groups is 1. The van der Waals surface area contributed by atoms with E-state index in [1.807, 2.05) is 6.08 Å². The molecule has 0 aromatic rings. The molecule has 1 heterocycles. The van der Waals surface area contributed by atoms with E-state index in [4.69, 9.17) is 9.94 Å². The van der Waals surface area contributed by atoms with Crippen molar-refractivity contribution in [3.63, 3.8) is 0 Å². The highest BCUT2D eigenvalue weighted by Gasteiger charge is 2.53. The summed E-state index contributed by atoms with van der Waals surface area (Å²) in [6.45, 7) is 1.17. The third-order valence-corrected chi connectivity index (χ3v) is 5.95. The highest BCUT2D eigenvalue weighted by molar-refractivity contribution is 5.80. The van der Waals surface area contributed by atoms with E-state index < -0.39 is 0 Å². The smallest absolute Gasteiger partial charge is 0.410 e. The van der Waals surface area contributed by atoms with Crippen LogP contribution in [0.15, 0.2) is 16.8 Å². The standard InChI is InChI=1S/C17H24N2O3/c20-16(19-3-1-2-12(11-19)10-18-21)22-17-7-13-4-14(8-17)6-15(5-13)9-17/h2,10,13-15,21H,1,3-9,11H2. The van der Waals surface area contributed by atoms with Crippen LogP contribution in [-0.2, 0) is 4.74 Å². The van der Waals surface area contributed by atoms with Crippen LogP contribution in [0.25, 0.3) is 0 Å². The van der Waals surface area contributed by atoms with Gasteiger partial charge in [-0.05, 0) is 68.3 Å². The van der Waals surface area contributed by atoms with Crippen LogP contribution < -0.4 is 0 Å². The summed E-state index contributed by atoms with van der Waals surface area (Å²) in [5, 5.41) is 11.7. The fraction of sp³-hybridized carbons (Fsp3) is 0.765. The van der Waals surface area contributed by atoms with Crippen molar-refractivity contribution in [1.29, 1.82) is 0 Å². The zero-order valence-electron chi connectivity index (χ0n) is 12.9. The molecule has 5 nitrogen and oxygen atoms in total. The second kappa shape index (κ2) is 5.28. The number of ether oxygens (including phenoxy) is 1. The molecule has 0 atom stereocenters. The monoisotopic (exact) mass is 304 g/mol. The Balaban J connectivity index is 1.43. The van der Waals surface area contributed by atoms with E-state index in [0.717, 1.165) is 49.0 Å². The lowest BCUT2D eigenvalue weighted by molar-refractivity contribution is -0.133. The Bertz CT molecular complexity index is 491. The molecule has 22 heavy (non-hydrogen) atoms. The van der Waals surface area contributed by atoms with Gasteiger partial charge in [-0.25, -0.2) is 4.79 Å². The van der Waals surface area contributed by atoms with Gasteiger partial charge >= 0.3 is 6.09 Å². The molecular formula is C17H24N2O3. The van der Waals surface area contributed by atoms with E-state index in [-0.39, 0.29) is 11.7 Å². The third kappa shape index (κ3) is 2.50. The Morgan fingerprint density at radius 3 is 2.50 bits per heavy atom. The number of amides is 1. The Morgan fingerprint density at radius 1 is 1.27 bits per heavy atom. The number of hydrogen-bond donors (Lipinski definition) is 1. The highest BCUT2D eigenvalue weighted by Crippen LogP contribution is 2.57. The topological polar surface area (TPSA) is 62.1 Å². The summed E-state index contributed by atoms with van der Waals surface area (Å²) in [4.78, 5) is 14.3. The van der Waals surface area contributed by atoms with Crippen LogP contribution in [0.3, 0.4) is 0 Å². The summed E-state index contributed by atoms with van der Waals surface area (Å²) in [6, 6.07) is 0. The van der Waals surface area contributed by atoms with E-state index in [1.54, 1.807) is 4.90 Å². The minimum Gasteiger partial charge on any atom is -0.443 e. The van der Waals surface area contributed by atoms with Crippen molar-refractivity contribution >= 4 is 12.3 Å². The quantitative estimate of drug-likeness (QED) is 0.484. The molecule has 0 spiro atoms. The maximum atomic E-state index is 12.6. The molecule has 5 rings (SSSR count). The van der Waals surface area contributed by atoms with Gasteiger partial charge in [0.1, 0.15) is 5.60 Å². The lowest BCUT2D eigenvalue weighted by atomic mass is 9.54. The Kier molecular flexibility index (Phi) is 3.39. The average molecular weight is 304 g/mol. The van der Waals surface area contributed by atoms with E-state index in [2.05, 4.69) is 5.16 Å². The molecule has 120 valence electrons. The summed E-state index contributed by atoms with van der Waals surface area (Å²) in [6.07, 6.45) is 11.3. The lowest BCUT2D eigenvalue weighted by Gasteiger charge is -2.55. The Labute approximate surface area is 131 Å². The van der Waals surface area contributed by atoms with Crippen LogP contribution in [0.4, 0.5) is 4.79 Å². The second-order valence-corrected chi connectivity index (χ2v) is 7.70. The molecule has 1 N–H and O–H groups in total. The Hall–Kier alpha value is -1.52. The zero-order chi connectivity index (χ0) is 15.2. The largest absolute Gasteiger partial charge is 0.443 e. The van der Waals surface area contributed by atoms with E-state index >= 15 is 0 Å². The highest BCUT2D eigenvalue weighted by atomic mass is 16.6. The van der Waals surface area contributed by atoms with E-state index in [1.165, 1.54) is 25.5 Å². The van der Waals surface area contributed by atoms with Crippen molar-refractivity contribution in [2.24, 2.45) is 22.9 Å². The average Bonchev–Trinajstić information content (AvgIpc) is 2.46. The maximum Gasteiger partial charge on any atom is 0.410 e. The minimum atomic E-state index is -0.182. The van der Waals surface area contributed by atoms with Crippen LogP contribution in [0.5, 0.6) is 0 Å². The molecule has 0 aromatic carbocycles. The maximum absolute atomic E-state index is 12.6. The van der Waals surface area contributed by atoms with Gasteiger partial charge in [-0.1, -0.05) is 11.2 Å². The van der Waals surface area contributed by atoms with Gasteiger partial charge in [-0.2, -0.15) is 0 Å². The molecule has 4 saturated carbocycles. The first-order valence-electron chi connectivity index (χ1n) is 8.50. The first-order valence-corrected chi connectivity index (χ1v) is 8.50. The SMILES string of the molecule is O=C(OC12CC3CC(CC(C3)C1)C2)N1CCC=C(C=NO)C1. The van der Waals surface area contributed by atoms with Crippen LogP contribution in [0.1, 0.15) is 44.9 Å². The van der Waals surface area contributed by atoms with Gasteiger partial charge < -0.3 is 14.8 Å². The van der Waals surface area contributed by atoms with Gasteiger partial charge in [0.15, 0.2) is 0 Å². The summed E-state index contributed by atoms with van der Waals surface area (Å²) >= 11 is 0. The van der Waals surface area contributed by atoms with Crippen LogP contribution >= 0.6 is 0 Å². The van der Waals surface area contributed by atoms with Crippen molar-refractivity contribution in [2.45, 2.75) is 50.5 Å². The summed E-state index contributed by atoms with van der Waals surface area (Å²) < 4.78 is 6.07. The molecule has 0 unspecified atom stereocenters. The van der Waals surface area contributed by atoms with E-state index in [9.17, 15) is 4.79 Å². The number of carbonyl (C=O) groups excluding carboxylic acids is 1. The molecule has 5 aliphatic rings. The predicted molar refractivity (Wildman–Crippen MR) is 81.9 cm³/mol. The first kappa shape index (κ1) is 14.1. The molecular weight excluding hydrogens is 280 g/mol. The molecule has 5 heteroatoms. The van der Waals surface area contributed by atoms with Crippen LogP contribution in [0, 0.1) is 17.8 Å². The normalized spacial score (nSPS) is 40.1. The van der Waals surface area contributed by atoms with Gasteiger partial charge in [-0.3, -0.25) is 0 Å². The van der Waals surface area contributed by atoms with Gasteiger partial charge in [-0.15, -0.1) is 0 Å². The molecule has 1 amide bonds. The predicted octanol–water partition coefficient (Wildman–Crippen LogP) is 3.18. The minimum absolute atomic E-state index is 0.182.